The second kappa shape index (κ2) is 7.83. The molecule has 0 aromatic heterocycles. The van der Waals surface area contributed by atoms with E-state index in [1.54, 1.807) is 7.05 Å². The summed E-state index contributed by atoms with van der Waals surface area (Å²) < 4.78 is 0. The Morgan fingerprint density at radius 2 is 1.63 bits per heavy atom. The molecule has 4 heteroatoms. The topological polar surface area (TPSA) is 35.6 Å². The fourth-order valence-electron chi connectivity index (χ4n) is 5.71. The normalized spacial score (nSPS) is 28.4. The van der Waals surface area contributed by atoms with Gasteiger partial charge in [0.05, 0.1) is 0 Å². The van der Waals surface area contributed by atoms with Crippen molar-refractivity contribution in [3.05, 3.63) is 29.8 Å². The van der Waals surface area contributed by atoms with Crippen molar-refractivity contribution in [2.45, 2.75) is 57.9 Å². The van der Waals surface area contributed by atoms with Crippen LogP contribution in [0.3, 0.4) is 0 Å². The molecule has 3 fully saturated rings. The number of amides is 1. The predicted molar refractivity (Wildman–Crippen MR) is 111 cm³/mol. The van der Waals surface area contributed by atoms with Crippen LogP contribution in [0.2, 0.25) is 0 Å². The minimum absolute atomic E-state index is 0.0116. The molecule has 1 aromatic carbocycles. The van der Waals surface area contributed by atoms with Crippen LogP contribution < -0.4 is 10.2 Å². The van der Waals surface area contributed by atoms with Crippen LogP contribution in [0.4, 0.5) is 5.69 Å². The fourth-order valence-corrected chi connectivity index (χ4v) is 5.71. The highest BCUT2D eigenvalue weighted by molar-refractivity contribution is 5.94. The van der Waals surface area contributed by atoms with Crippen LogP contribution in [0.5, 0.6) is 0 Å². The molecule has 2 atom stereocenters. The molecular formula is C23H35N3O. The smallest absolute Gasteiger partial charge is 0.251 e. The molecule has 4 rings (SSSR count). The summed E-state index contributed by atoms with van der Waals surface area (Å²) >= 11 is 0. The summed E-state index contributed by atoms with van der Waals surface area (Å²) in [4.78, 5) is 17.0. The van der Waals surface area contributed by atoms with Gasteiger partial charge in [-0.15, -0.1) is 0 Å². The highest BCUT2D eigenvalue weighted by Gasteiger charge is 2.40. The monoisotopic (exact) mass is 369 g/mol. The lowest BCUT2D eigenvalue weighted by molar-refractivity contribution is 0.0454. The van der Waals surface area contributed by atoms with Gasteiger partial charge < -0.3 is 15.1 Å². The maximum absolute atomic E-state index is 11.7. The first-order chi connectivity index (χ1) is 13.1. The van der Waals surface area contributed by atoms with Crippen molar-refractivity contribution in [2.24, 2.45) is 11.3 Å². The van der Waals surface area contributed by atoms with Gasteiger partial charge in [-0.1, -0.05) is 13.3 Å². The number of nitrogens with one attached hydrogen (secondary N) is 1. The van der Waals surface area contributed by atoms with E-state index < -0.39 is 0 Å². The molecule has 1 aromatic rings. The number of nitrogens with zero attached hydrogens (tertiary/aromatic N) is 2. The molecule has 0 bridgehead atoms. The van der Waals surface area contributed by atoms with Crippen molar-refractivity contribution in [1.82, 2.24) is 10.2 Å². The molecule has 0 radical (unpaired) electrons. The van der Waals surface area contributed by atoms with Crippen molar-refractivity contribution < 1.29 is 4.79 Å². The summed E-state index contributed by atoms with van der Waals surface area (Å²) in [7, 11) is 1.68. The van der Waals surface area contributed by atoms with Crippen molar-refractivity contribution in [2.75, 3.05) is 38.1 Å². The van der Waals surface area contributed by atoms with Gasteiger partial charge in [-0.25, -0.2) is 0 Å². The molecule has 2 heterocycles. The van der Waals surface area contributed by atoms with Gasteiger partial charge in [0.1, 0.15) is 0 Å². The lowest BCUT2D eigenvalue weighted by atomic mass is 9.71. The van der Waals surface area contributed by atoms with Gasteiger partial charge in [0.2, 0.25) is 0 Å². The first-order valence-corrected chi connectivity index (χ1v) is 10.9. The highest BCUT2D eigenvalue weighted by Crippen LogP contribution is 2.44. The summed E-state index contributed by atoms with van der Waals surface area (Å²) in [5, 5.41) is 2.69. The first kappa shape index (κ1) is 18.8. The van der Waals surface area contributed by atoms with E-state index in [4.69, 9.17) is 0 Å². The van der Waals surface area contributed by atoms with Gasteiger partial charge in [0.15, 0.2) is 0 Å². The first-order valence-electron chi connectivity index (χ1n) is 10.9. The molecular weight excluding hydrogens is 334 g/mol. The number of rotatable bonds is 3. The van der Waals surface area contributed by atoms with Crippen molar-refractivity contribution in [1.29, 1.82) is 0 Å². The fraction of sp³-hybridized carbons (Fsp3) is 0.696. The predicted octanol–water partition coefficient (Wildman–Crippen LogP) is 3.92. The van der Waals surface area contributed by atoms with Crippen LogP contribution in [-0.2, 0) is 0 Å². The third-order valence-electron chi connectivity index (χ3n) is 7.69. The van der Waals surface area contributed by atoms with E-state index in [-0.39, 0.29) is 5.91 Å². The van der Waals surface area contributed by atoms with Crippen LogP contribution in [0.15, 0.2) is 24.3 Å². The summed E-state index contributed by atoms with van der Waals surface area (Å²) in [5.41, 5.74) is 2.58. The zero-order chi connectivity index (χ0) is 18.9. The third-order valence-corrected chi connectivity index (χ3v) is 7.69. The standard InChI is InChI=1S/C23H35N3O/c1-18-4-3-5-21(18)26-16-12-23(13-17-26)10-14-25(15-11-23)20-8-6-19(7-9-20)22(27)24-2/h6-9,18,21H,3-5,10-17H2,1-2H3,(H,24,27). The second-order valence-electron chi connectivity index (χ2n) is 9.12. The van der Waals surface area contributed by atoms with E-state index in [1.807, 2.05) is 12.1 Å². The molecule has 1 N–H and O–H groups in total. The molecule has 1 aliphatic carbocycles. The number of hydrogen-bond acceptors (Lipinski definition) is 3. The van der Waals surface area contributed by atoms with E-state index >= 15 is 0 Å². The number of benzene rings is 1. The van der Waals surface area contributed by atoms with Gasteiger partial charge in [-0.3, -0.25) is 4.79 Å². The summed E-state index contributed by atoms with van der Waals surface area (Å²) in [6, 6.07) is 8.96. The Bertz CT molecular complexity index is 638. The average Bonchev–Trinajstić information content (AvgIpc) is 3.15. The molecule has 2 saturated heterocycles. The third kappa shape index (κ3) is 3.87. The van der Waals surface area contributed by atoms with Crippen molar-refractivity contribution in [3.8, 4) is 0 Å². The van der Waals surface area contributed by atoms with Gasteiger partial charge in [-0.05, 0) is 87.2 Å². The Kier molecular flexibility index (Phi) is 5.45. The Morgan fingerprint density at radius 1 is 1.00 bits per heavy atom. The van der Waals surface area contributed by atoms with Crippen molar-refractivity contribution >= 4 is 11.6 Å². The summed E-state index contributed by atoms with van der Waals surface area (Å²) in [6.07, 6.45) is 9.70. The van der Waals surface area contributed by atoms with Crippen LogP contribution in [0, 0.1) is 11.3 Å². The Hall–Kier alpha value is -1.55. The zero-order valence-electron chi connectivity index (χ0n) is 17.0. The maximum atomic E-state index is 11.7. The summed E-state index contributed by atoms with van der Waals surface area (Å²) in [6.45, 7) is 7.39. The zero-order valence-corrected chi connectivity index (χ0v) is 17.0. The van der Waals surface area contributed by atoms with E-state index in [0.29, 0.717) is 5.41 Å². The number of carbonyl (C=O) groups is 1. The number of carbonyl (C=O) groups excluding carboxylic acids is 1. The van der Waals surface area contributed by atoms with E-state index in [0.717, 1.165) is 30.6 Å². The Balaban J connectivity index is 1.31. The number of likely N-dealkylation sites (tertiary alicyclic amines) is 1. The van der Waals surface area contributed by atoms with E-state index in [2.05, 4.69) is 34.2 Å². The quantitative estimate of drug-likeness (QED) is 0.877. The minimum Gasteiger partial charge on any atom is -0.371 e. The van der Waals surface area contributed by atoms with Gasteiger partial charge >= 0.3 is 0 Å². The molecule has 1 saturated carbocycles. The van der Waals surface area contributed by atoms with Gasteiger partial charge in [-0.2, -0.15) is 0 Å². The maximum Gasteiger partial charge on any atom is 0.251 e. The molecule has 27 heavy (non-hydrogen) atoms. The van der Waals surface area contributed by atoms with Crippen molar-refractivity contribution in [3.63, 3.8) is 0 Å². The number of piperidine rings is 2. The van der Waals surface area contributed by atoms with Crippen LogP contribution in [0.1, 0.15) is 62.2 Å². The number of hydrogen-bond donors (Lipinski definition) is 1. The molecule has 1 spiro atoms. The SMILES string of the molecule is CNC(=O)c1ccc(N2CCC3(CC2)CCN(C2CCCC2C)CC3)cc1. The second-order valence-corrected chi connectivity index (χ2v) is 9.12. The Labute approximate surface area is 164 Å². The minimum atomic E-state index is -0.0116. The average molecular weight is 370 g/mol. The van der Waals surface area contributed by atoms with Crippen LogP contribution >= 0.6 is 0 Å². The van der Waals surface area contributed by atoms with Crippen LogP contribution in [-0.4, -0.2) is 50.1 Å². The lowest BCUT2D eigenvalue weighted by Gasteiger charge is -2.49. The molecule has 4 nitrogen and oxygen atoms in total. The lowest BCUT2D eigenvalue weighted by Crippen LogP contribution is -2.50. The largest absolute Gasteiger partial charge is 0.371 e. The summed E-state index contributed by atoms with van der Waals surface area (Å²) in [5.74, 6) is 0.890. The van der Waals surface area contributed by atoms with Crippen LogP contribution in [0.25, 0.3) is 0 Å². The number of anilines is 1. The van der Waals surface area contributed by atoms with Gasteiger partial charge in [0, 0.05) is 37.4 Å². The highest BCUT2D eigenvalue weighted by atomic mass is 16.1. The Morgan fingerprint density at radius 3 is 2.19 bits per heavy atom. The van der Waals surface area contributed by atoms with E-state index in [1.165, 1.54) is 63.7 Å². The van der Waals surface area contributed by atoms with Gasteiger partial charge in [0.25, 0.3) is 5.91 Å². The van der Waals surface area contributed by atoms with E-state index in [9.17, 15) is 4.79 Å². The molecule has 1 amide bonds. The molecule has 3 aliphatic rings. The molecule has 148 valence electrons. The molecule has 2 aliphatic heterocycles. The molecule has 2 unspecified atom stereocenters.